The van der Waals surface area contributed by atoms with Crippen LogP contribution in [0.3, 0.4) is 0 Å². The molecule has 0 aromatic carbocycles. The summed E-state index contributed by atoms with van der Waals surface area (Å²) in [6, 6.07) is 1.53. The molecule has 1 aromatic heterocycles. The summed E-state index contributed by atoms with van der Waals surface area (Å²) >= 11 is 0. The smallest absolute Gasteiger partial charge is 0.410 e. The predicted molar refractivity (Wildman–Crippen MR) is 93.7 cm³/mol. The first kappa shape index (κ1) is 18.6. The summed E-state index contributed by atoms with van der Waals surface area (Å²) in [6.45, 7) is 7.46. The highest BCUT2D eigenvalue weighted by Crippen LogP contribution is 2.30. The van der Waals surface area contributed by atoms with E-state index in [0.29, 0.717) is 37.7 Å². The van der Waals surface area contributed by atoms with Gasteiger partial charge in [-0.05, 0) is 20.8 Å². The van der Waals surface area contributed by atoms with E-state index in [1.54, 1.807) is 4.90 Å². The maximum atomic E-state index is 12.1. The standard InChI is InChI=1S/C16H25N5O4/c1-16(2,3)25-15(23)21-7-5-20(6-8-21)14-11(24-4)9-10(17)12(19-14)13(18)22/h9H,5-8,17H2,1-4H3,(H2,18,22). The molecule has 1 aliphatic heterocycles. The van der Waals surface area contributed by atoms with Gasteiger partial charge in [-0.15, -0.1) is 0 Å². The summed E-state index contributed by atoms with van der Waals surface area (Å²) in [5.41, 5.74) is 10.7. The first-order valence-corrected chi connectivity index (χ1v) is 7.99. The SMILES string of the molecule is COc1cc(N)c(C(N)=O)nc1N1CCN(C(=O)OC(C)(C)C)CC1. The van der Waals surface area contributed by atoms with Gasteiger partial charge in [0.25, 0.3) is 5.91 Å². The molecule has 0 saturated carbocycles. The van der Waals surface area contributed by atoms with Crippen LogP contribution < -0.4 is 21.1 Å². The van der Waals surface area contributed by atoms with Gasteiger partial charge in [0.2, 0.25) is 0 Å². The van der Waals surface area contributed by atoms with Crippen molar-refractivity contribution in [1.29, 1.82) is 0 Å². The molecule has 25 heavy (non-hydrogen) atoms. The Morgan fingerprint density at radius 3 is 2.28 bits per heavy atom. The molecule has 0 radical (unpaired) electrons. The Morgan fingerprint density at radius 1 is 1.20 bits per heavy atom. The van der Waals surface area contributed by atoms with Gasteiger partial charge in [0.1, 0.15) is 5.60 Å². The number of amides is 2. The quantitative estimate of drug-likeness (QED) is 0.826. The lowest BCUT2D eigenvalue weighted by Gasteiger charge is -2.36. The highest BCUT2D eigenvalue weighted by molar-refractivity contribution is 5.96. The molecule has 2 amide bonds. The van der Waals surface area contributed by atoms with Crippen LogP contribution in [0.1, 0.15) is 31.3 Å². The second-order valence-electron chi connectivity index (χ2n) is 6.77. The molecule has 1 saturated heterocycles. The number of ether oxygens (including phenoxy) is 2. The van der Waals surface area contributed by atoms with Gasteiger partial charge in [-0.2, -0.15) is 0 Å². The van der Waals surface area contributed by atoms with E-state index in [-0.39, 0.29) is 17.5 Å². The van der Waals surface area contributed by atoms with E-state index in [0.717, 1.165) is 0 Å². The average molecular weight is 351 g/mol. The largest absolute Gasteiger partial charge is 0.493 e. The summed E-state index contributed by atoms with van der Waals surface area (Å²) in [5, 5.41) is 0. The molecular weight excluding hydrogens is 326 g/mol. The van der Waals surface area contributed by atoms with Crippen LogP contribution in [0.5, 0.6) is 5.75 Å². The maximum Gasteiger partial charge on any atom is 0.410 e. The van der Waals surface area contributed by atoms with Crippen LogP contribution in [0.15, 0.2) is 6.07 Å². The van der Waals surface area contributed by atoms with E-state index in [1.165, 1.54) is 13.2 Å². The van der Waals surface area contributed by atoms with Crippen molar-refractivity contribution in [3.63, 3.8) is 0 Å². The number of nitrogens with zero attached hydrogens (tertiary/aromatic N) is 3. The molecule has 2 heterocycles. The molecule has 9 heteroatoms. The first-order valence-electron chi connectivity index (χ1n) is 7.99. The third kappa shape index (κ3) is 4.43. The molecule has 0 bridgehead atoms. The van der Waals surface area contributed by atoms with Crippen LogP contribution in [0.25, 0.3) is 0 Å². The summed E-state index contributed by atoms with van der Waals surface area (Å²) in [5.74, 6) is 0.233. The van der Waals surface area contributed by atoms with Gasteiger partial charge in [-0.1, -0.05) is 0 Å². The van der Waals surface area contributed by atoms with Gasteiger partial charge in [0.05, 0.1) is 12.8 Å². The number of carbonyl (C=O) groups excluding carboxylic acids is 2. The maximum absolute atomic E-state index is 12.1. The van der Waals surface area contributed by atoms with E-state index in [2.05, 4.69) is 4.98 Å². The molecule has 0 atom stereocenters. The number of methoxy groups -OCH3 is 1. The van der Waals surface area contributed by atoms with Crippen LogP contribution in [-0.4, -0.2) is 60.8 Å². The van der Waals surface area contributed by atoms with Gasteiger partial charge in [-0.25, -0.2) is 9.78 Å². The first-order chi connectivity index (χ1) is 11.6. The molecule has 1 aromatic rings. The molecular formula is C16H25N5O4. The lowest BCUT2D eigenvalue weighted by Crippen LogP contribution is -2.50. The number of hydrogen-bond acceptors (Lipinski definition) is 7. The number of nitrogens with two attached hydrogens (primary N) is 2. The fourth-order valence-electron chi connectivity index (χ4n) is 2.50. The van der Waals surface area contributed by atoms with E-state index in [1.807, 2.05) is 25.7 Å². The zero-order valence-corrected chi connectivity index (χ0v) is 15.0. The fraction of sp³-hybridized carbons (Fsp3) is 0.562. The summed E-state index contributed by atoms with van der Waals surface area (Å²) in [4.78, 5) is 31.4. The highest BCUT2D eigenvalue weighted by atomic mass is 16.6. The third-order valence-corrected chi connectivity index (χ3v) is 3.68. The van der Waals surface area contributed by atoms with Crippen molar-refractivity contribution in [3.05, 3.63) is 11.8 Å². The molecule has 0 spiro atoms. The Kier molecular flexibility index (Phi) is 5.24. The molecule has 1 aliphatic rings. The Balaban J connectivity index is 2.14. The van der Waals surface area contributed by atoms with Crippen molar-refractivity contribution in [2.75, 3.05) is 43.9 Å². The molecule has 1 fully saturated rings. The number of pyridine rings is 1. The normalized spacial score (nSPS) is 15.0. The average Bonchev–Trinajstić information content (AvgIpc) is 2.52. The number of piperazine rings is 1. The van der Waals surface area contributed by atoms with Crippen molar-refractivity contribution < 1.29 is 19.1 Å². The number of rotatable bonds is 3. The van der Waals surface area contributed by atoms with Crippen molar-refractivity contribution in [3.8, 4) is 5.75 Å². The van der Waals surface area contributed by atoms with Gasteiger partial charge < -0.3 is 30.7 Å². The van der Waals surface area contributed by atoms with E-state index >= 15 is 0 Å². The Morgan fingerprint density at radius 2 is 1.80 bits per heavy atom. The number of nitrogen functional groups attached to an aromatic ring is 1. The van der Waals surface area contributed by atoms with E-state index in [9.17, 15) is 9.59 Å². The summed E-state index contributed by atoms with van der Waals surface area (Å²) in [6.07, 6.45) is -0.345. The summed E-state index contributed by atoms with van der Waals surface area (Å²) < 4.78 is 10.7. The topological polar surface area (TPSA) is 124 Å². The lowest BCUT2D eigenvalue weighted by molar-refractivity contribution is 0.0240. The van der Waals surface area contributed by atoms with Crippen LogP contribution in [-0.2, 0) is 4.74 Å². The minimum atomic E-state index is -0.700. The highest BCUT2D eigenvalue weighted by Gasteiger charge is 2.28. The number of anilines is 2. The molecule has 0 unspecified atom stereocenters. The minimum Gasteiger partial charge on any atom is -0.493 e. The predicted octanol–water partition coefficient (Wildman–Crippen LogP) is 0.828. The van der Waals surface area contributed by atoms with E-state index < -0.39 is 11.5 Å². The van der Waals surface area contributed by atoms with Crippen LogP contribution in [0.2, 0.25) is 0 Å². The minimum absolute atomic E-state index is 0.00497. The van der Waals surface area contributed by atoms with Crippen molar-refractivity contribution >= 4 is 23.5 Å². The molecule has 9 nitrogen and oxygen atoms in total. The van der Waals surface area contributed by atoms with Crippen LogP contribution in [0, 0.1) is 0 Å². The molecule has 4 N–H and O–H groups in total. The van der Waals surface area contributed by atoms with Gasteiger partial charge >= 0.3 is 6.09 Å². The van der Waals surface area contributed by atoms with Crippen molar-refractivity contribution in [2.24, 2.45) is 5.73 Å². The zero-order chi connectivity index (χ0) is 18.8. The molecule has 2 rings (SSSR count). The number of hydrogen-bond donors (Lipinski definition) is 2. The number of aromatic nitrogens is 1. The lowest BCUT2D eigenvalue weighted by atomic mass is 10.2. The van der Waals surface area contributed by atoms with Crippen molar-refractivity contribution in [2.45, 2.75) is 26.4 Å². The van der Waals surface area contributed by atoms with Gasteiger partial charge in [0, 0.05) is 32.2 Å². The fourth-order valence-corrected chi connectivity index (χ4v) is 2.50. The Hall–Kier alpha value is -2.71. The van der Waals surface area contributed by atoms with Gasteiger partial charge in [-0.3, -0.25) is 4.79 Å². The second kappa shape index (κ2) is 7.04. The number of carbonyl (C=O) groups is 2. The zero-order valence-electron chi connectivity index (χ0n) is 15.0. The second-order valence-corrected chi connectivity index (χ2v) is 6.77. The Labute approximate surface area is 146 Å². The Bertz CT molecular complexity index is 663. The summed E-state index contributed by atoms with van der Waals surface area (Å²) in [7, 11) is 1.50. The monoisotopic (exact) mass is 351 g/mol. The molecule has 0 aliphatic carbocycles. The van der Waals surface area contributed by atoms with Crippen LogP contribution in [0.4, 0.5) is 16.3 Å². The van der Waals surface area contributed by atoms with Crippen molar-refractivity contribution in [1.82, 2.24) is 9.88 Å². The number of primary amides is 1. The van der Waals surface area contributed by atoms with E-state index in [4.69, 9.17) is 20.9 Å². The van der Waals surface area contributed by atoms with Crippen LogP contribution >= 0.6 is 0 Å². The third-order valence-electron chi connectivity index (χ3n) is 3.68. The molecule has 138 valence electrons. The van der Waals surface area contributed by atoms with Gasteiger partial charge in [0.15, 0.2) is 17.3 Å².